The molecule has 200 valence electrons. The van der Waals surface area contributed by atoms with Gasteiger partial charge in [-0.3, -0.25) is 9.79 Å². The molecule has 6 nitrogen and oxygen atoms in total. The zero-order chi connectivity index (χ0) is 27.6. The maximum Gasteiger partial charge on any atom is 0.314 e. The van der Waals surface area contributed by atoms with Crippen molar-refractivity contribution in [2.75, 3.05) is 11.9 Å². The van der Waals surface area contributed by atoms with Crippen LogP contribution < -0.4 is 10.1 Å². The Morgan fingerprint density at radius 3 is 2.36 bits per heavy atom. The second-order valence-corrected chi connectivity index (χ2v) is 9.48. The Balaban J connectivity index is 1.56. The third kappa shape index (κ3) is 7.33. The second kappa shape index (κ2) is 13.4. The number of carboxylic acid groups (broad SMARTS) is 1. The summed E-state index contributed by atoms with van der Waals surface area (Å²) >= 11 is 0. The molecule has 39 heavy (non-hydrogen) atoms. The molecule has 1 unspecified atom stereocenters. The van der Waals surface area contributed by atoms with Gasteiger partial charge in [-0.05, 0) is 53.3 Å². The molecular weight excluding hydrogens is 488 g/mol. The Morgan fingerprint density at radius 1 is 0.949 bits per heavy atom. The average Bonchev–Trinajstić information content (AvgIpc) is 2.95. The van der Waals surface area contributed by atoms with E-state index in [4.69, 9.17) is 4.74 Å². The molecule has 6 heteroatoms. The second-order valence-electron chi connectivity index (χ2n) is 9.48. The van der Waals surface area contributed by atoms with Crippen molar-refractivity contribution in [3.05, 3.63) is 119 Å². The van der Waals surface area contributed by atoms with Crippen LogP contribution in [0.1, 0.15) is 27.8 Å². The molecule has 0 aliphatic carbocycles. The van der Waals surface area contributed by atoms with E-state index in [9.17, 15) is 15.0 Å². The number of aliphatic imine (C=N–C) groups is 1. The van der Waals surface area contributed by atoms with E-state index in [1.165, 1.54) is 28.5 Å². The van der Waals surface area contributed by atoms with Gasteiger partial charge in [-0.25, -0.2) is 0 Å². The fourth-order valence-electron chi connectivity index (χ4n) is 4.39. The van der Waals surface area contributed by atoms with Crippen molar-refractivity contribution >= 4 is 17.9 Å². The highest BCUT2D eigenvalue weighted by molar-refractivity contribution is 5.88. The summed E-state index contributed by atoms with van der Waals surface area (Å²) in [6, 6.07) is 30.7. The third-order valence-corrected chi connectivity index (χ3v) is 6.71. The molecule has 0 aliphatic heterocycles. The van der Waals surface area contributed by atoms with Crippen LogP contribution in [0, 0.1) is 19.8 Å². The molecule has 4 aromatic rings. The molecule has 3 N–H and O–H groups in total. The highest BCUT2D eigenvalue weighted by Gasteiger charge is 2.14. The van der Waals surface area contributed by atoms with Crippen LogP contribution in [0.25, 0.3) is 11.1 Å². The van der Waals surface area contributed by atoms with Gasteiger partial charge < -0.3 is 20.3 Å². The number of hydrogen-bond acceptors (Lipinski definition) is 5. The summed E-state index contributed by atoms with van der Waals surface area (Å²) in [5.74, 6) is -1.46. The van der Waals surface area contributed by atoms with Gasteiger partial charge in [0.25, 0.3) is 0 Å². The molecule has 0 heterocycles. The summed E-state index contributed by atoms with van der Waals surface area (Å²) in [5, 5.41) is 22.1. The molecule has 0 fully saturated rings. The van der Waals surface area contributed by atoms with Crippen LogP contribution in [0.4, 0.5) is 5.69 Å². The van der Waals surface area contributed by atoms with E-state index < -0.39 is 18.5 Å². The number of carboxylic acids is 1. The number of anilines is 1. The van der Waals surface area contributed by atoms with Crippen LogP contribution in [-0.4, -0.2) is 29.0 Å². The topological polar surface area (TPSA) is 91.2 Å². The third-order valence-electron chi connectivity index (χ3n) is 6.71. The van der Waals surface area contributed by atoms with Crippen molar-refractivity contribution in [2.24, 2.45) is 10.9 Å². The Labute approximate surface area is 229 Å². The lowest BCUT2D eigenvalue weighted by Crippen LogP contribution is -2.19. The van der Waals surface area contributed by atoms with Gasteiger partial charge in [0.05, 0.1) is 13.2 Å². The minimum absolute atomic E-state index is 0.243. The van der Waals surface area contributed by atoms with E-state index in [2.05, 4.69) is 59.7 Å². The molecule has 4 aromatic carbocycles. The van der Waals surface area contributed by atoms with Crippen molar-refractivity contribution in [3.63, 3.8) is 0 Å². The number of rotatable bonds is 12. The molecule has 4 rings (SSSR count). The highest BCUT2D eigenvalue weighted by atomic mass is 16.5. The number of nitrogens with one attached hydrogen (secondary N) is 1. The number of aliphatic carboxylic acids is 1. The molecule has 1 atom stereocenters. The quantitative estimate of drug-likeness (QED) is 0.187. The first-order chi connectivity index (χ1) is 19.0. The monoisotopic (exact) mass is 522 g/mol. The molecule has 0 aromatic heterocycles. The Bertz CT molecular complexity index is 1420. The predicted molar refractivity (Wildman–Crippen MR) is 156 cm³/mol. The summed E-state index contributed by atoms with van der Waals surface area (Å²) < 4.78 is 6.22. The van der Waals surface area contributed by atoms with E-state index in [0.29, 0.717) is 18.9 Å². The van der Waals surface area contributed by atoms with E-state index in [1.54, 1.807) is 0 Å². The van der Waals surface area contributed by atoms with Crippen LogP contribution in [0.5, 0.6) is 5.75 Å². The molecule has 0 saturated carbocycles. The number of benzene rings is 4. The largest absolute Gasteiger partial charge is 0.488 e. The Kier molecular flexibility index (Phi) is 9.48. The number of aliphatic hydroxyl groups is 1. The minimum atomic E-state index is -1.11. The van der Waals surface area contributed by atoms with Crippen LogP contribution in [0.3, 0.4) is 0 Å². The number of aryl methyl sites for hydroxylation is 1. The van der Waals surface area contributed by atoms with Crippen molar-refractivity contribution in [1.29, 1.82) is 0 Å². The van der Waals surface area contributed by atoms with Crippen molar-refractivity contribution in [2.45, 2.75) is 33.5 Å². The van der Waals surface area contributed by atoms with Crippen LogP contribution in [0.15, 0.2) is 96.0 Å². The molecule has 0 saturated heterocycles. The predicted octanol–water partition coefficient (Wildman–Crippen LogP) is 6.43. The number of ether oxygens (including phenoxy) is 1. The Hall–Kier alpha value is -4.42. The highest BCUT2D eigenvalue weighted by Crippen LogP contribution is 2.30. The van der Waals surface area contributed by atoms with E-state index in [0.717, 1.165) is 22.4 Å². The lowest BCUT2D eigenvalue weighted by Gasteiger charge is -2.18. The Morgan fingerprint density at radius 2 is 1.67 bits per heavy atom. The van der Waals surface area contributed by atoms with Crippen molar-refractivity contribution < 1.29 is 19.7 Å². The van der Waals surface area contributed by atoms with Gasteiger partial charge in [-0.1, -0.05) is 78.9 Å². The van der Waals surface area contributed by atoms with Crippen LogP contribution in [0.2, 0.25) is 0 Å². The van der Waals surface area contributed by atoms with Crippen LogP contribution in [-0.2, 0) is 24.5 Å². The summed E-state index contributed by atoms with van der Waals surface area (Å²) in [7, 11) is 0. The SMILES string of the molecule is Cc1cc(CN=CC(CO)C(=O)O)c(OCc2ccccc2)cc1NCc1cccc(-c2ccccc2)c1C. The first-order valence-electron chi connectivity index (χ1n) is 13.0. The number of nitrogens with zero attached hydrogens (tertiary/aromatic N) is 1. The maximum atomic E-state index is 11.2. The zero-order valence-corrected chi connectivity index (χ0v) is 22.3. The van der Waals surface area contributed by atoms with Gasteiger partial charge in [-0.2, -0.15) is 0 Å². The molecule has 0 amide bonds. The lowest BCUT2D eigenvalue weighted by molar-refractivity contribution is -0.140. The lowest BCUT2D eigenvalue weighted by atomic mass is 9.96. The van der Waals surface area contributed by atoms with Crippen molar-refractivity contribution in [3.8, 4) is 16.9 Å². The minimum Gasteiger partial charge on any atom is -0.488 e. The normalized spacial score (nSPS) is 11.9. The summed E-state index contributed by atoms with van der Waals surface area (Å²) in [4.78, 5) is 15.5. The summed E-state index contributed by atoms with van der Waals surface area (Å²) in [5.41, 5.74) is 8.72. The van der Waals surface area contributed by atoms with E-state index in [1.807, 2.05) is 55.5 Å². The number of hydrogen-bond donors (Lipinski definition) is 3. The first-order valence-corrected chi connectivity index (χ1v) is 13.0. The summed E-state index contributed by atoms with van der Waals surface area (Å²) in [6.07, 6.45) is 1.29. The van der Waals surface area contributed by atoms with Gasteiger partial charge in [0, 0.05) is 30.1 Å². The number of carbonyl (C=O) groups is 1. The van der Waals surface area contributed by atoms with E-state index in [-0.39, 0.29) is 6.54 Å². The molecular formula is C33H34N2O4. The number of aliphatic hydroxyl groups excluding tert-OH is 1. The molecule has 0 radical (unpaired) electrons. The smallest absolute Gasteiger partial charge is 0.314 e. The summed E-state index contributed by atoms with van der Waals surface area (Å²) in [6.45, 7) is 4.97. The van der Waals surface area contributed by atoms with Gasteiger partial charge in [0.1, 0.15) is 18.3 Å². The standard InChI is InChI=1S/C33H34N2O4/c1-23-16-28(18-34-19-29(21-36)33(37)38)32(39-22-25-10-5-3-6-11-25)17-31(23)35-20-27-14-9-15-30(24(27)2)26-12-7-4-8-13-26/h3-17,19,29,35-36H,18,20-22H2,1-2H3,(H,37,38). The van der Waals surface area contributed by atoms with Crippen LogP contribution >= 0.6 is 0 Å². The zero-order valence-electron chi connectivity index (χ0n) is 22.3. The van der Waals surface area contributed by atoms with Crippen molar-refractivity contribution in [1.82, 2.24) is 0 Å². The molecule has 0 spiro atoms. The van der Waals surface area contributed by atoms with E-state index >= 15 is 0 Å². The van der Waals surface area contributed by atoms with Gasteiger partial charge in [0.2, 0.25) is 0 Å². The molecule has 0 bridgehead atoms. The van der Waals surface area contributed by atoms with Gasteiger partial charge >= 0.3 is 5.97 Å². The first kappa shape index (κ1) is 27.6. The maximum absolute atomic E-state index is 11.2. The fourth-order valence-corrected chi connectivity index (χ4v) is 4.39. The molecule has 0 aliphatic rings. The van der Waals surface area contributed by atoms with Gasteiger partial charge in [0.15, 0.2) is 0 Å². The fraction of sp³-hybridized carbons (Fsp3) is 0.212. The average molecular weight is 523 g/mol. The van der Waals surface area contributed by atoms with Gasteiger partial charge in [-0.15, -0.1) is 0 Å².